The molecule has 0 aliphatic rings. The van der Waals surface area contributed by atoms with E-state index in [0.717, 1.165) is 18.2 Å². The minimum absolute atomic E-state index is 0.0362. The van der Waals surface area contributed by atoms with Gasteiger partial charge in [0.2, 0.25) is 5.75 Å². The number of nitrogens with zero attached hydrogens (tertiary/aromatic N) is 3. The monoisotopic (exact) mass is 586 g/mol. The summed E-state index contributed by atoms with van der Waals surface area (Å²) < 4.78 is 11.3. The van der Waals surface area contributed by atoms with Gasteiger partial charge in [-0.25, -0.2) is 0 Å². The molecule has 0 unspecified atom stereocenters. The SMILES string of the molecule is COc1cc(/C=C(/C#N)C(=O)Nc2cccc(Cl)c2C)cc(Br)c1Oc1ccc([N+](=O)[O-])cc1[N+](=O)[O-]. The molecule has 0 aliphatic carbocycles. The number of hydrogen-bond donors (Lipinski definition) is 1. The van der Waals surface area contributed by atoms with E-state index in [9.17, 15) is 30.3 Å². The van der Waals surface area contributed by atoms with E-state index in [-0.39, 0.29) is 27.3 Å². The molecule has 3 aromatic rings. The van der Waals surface area contributed by atoms with Gasteiger partial charge >= 0.3 is 5.69 Å². The summed E-state index contributed by atoms with van der Waals surface area (Å²) in [6.45, 7) is 1.73. The van der Waals surface area contributed by atoms with Gasteiger partial charge in [-0.15, -0.1) is 0 Å². The number of methoxy groups -OCH3 is 1. The zero-order chi connectivity index (χ0) is 27.3. The van der Waals surface area contributed by atoms with Crippen molar-refractivity contribution < 1.29 is 24.1 Å². The van der Waals surface area contributed by atoms with E-state index in [1.807, 2.05) is 6.07 Å². The molecule has 0 bridgehead atoms. The van der Waals surface area contributed by atoms with Crippen molar-refractivity contribution in [2.45, 2.75) is 6.92 Å². The second kappa shape index (κ2) is 11.5. The maximum Gasteiger partial charge on any atom is 0.318 e. The van der Waals surface area contributed by atoms with Gasteiger partial charge in [-0.05, 0) is 70.4 Å². The van der Waals surface area contributed by atoms with Crippen LogP contribution in [0.1, 0.15) is 11.1 Å². The lowest BCUT2D eigenvalue weighted by molar-refractivity contribution is -0.394. The molecule has 0 saturated carbocycles. The number of nitro benzene ring substituents is 2. The van der Waals surface area contributed by atoms with Crippen LogP contribution in [0, 0.1) is 38.5 Å². The zero-order valence-corrected chi connectivity index (χ0v) is 21.5. The number of halogens is 2. The molecule has 0 heterocycles. The first kappa shape index (κ1) is 27.1. The summed E-state index contributed by atoms with van der Waals surface area (Å²) in [5, 5.41) is 35.1. The summed E-state index contributed by atoms with van der Waals surface area (Å²) in [7, 11) is 1.33. The van der Waals surface area contributed by atoms with Gasteiger partial charge in [-0.3, -0.25) is 25.0 Å². The molecule has 0 radical (unpaired) electrons. The number of nitro groups is 2. The van der Waals surface area contributed by atoms with Crippen molar-refractivity contribution >= 4 is 56.6 Å². The van der Waals surface area contributed by atoms with Crippen LogP contribution in [0.25, 0.3) is 6.08 Å². The highest BCUT2D eigenvalue weighted by atomic mass is 79.9. The predicted octanol–water partition coefficient (Wildman–Crippen LogP) is 6.57. The minimum atomic E-state index is -0.806. The molecule has 0 spiro atoms. The number of carbonyl (C=O) groups is 1. The van der Waals surface area contributed by atoms with Gasteiger partial charge in [0.1, 0.15) is 11.6 Å². The quantitative estimate of drug-likeness (QED) is 0.134. The van der Waals surface area contributed by atoms with Gasteiger partial charge in [0.25, 0.3) is 11.6 Å². The highest BCUT2D eigenvalue weighted by molar-refractivity contribution is 9.10. The summed E-state index contributed by atoms with van der Waals surface area (Å²) in [5.41, 5.74) is 0.163. The van der Waals surface area contributed by atoms with Crippen molar-refractivity contribution in [1.29, 1.82) is 5.26 Å². The Morgan fingerprint density at radius 3 is 2.49 bits per heavy atom. The Kier molecular flexibility index (Phi) is 8.44. The topological polar surface area (TPSA) is 158 Å². The largest absolute Gasteiger partial charge is 0.493 e. The van der Waals surface area contributed by atoms with Crippen LogP contribution in [-0.4, -0.2) is 22.9 Å². The van der Waals surface area contributed by atoms with E-state index in [0.29, 0.717) is 21.8 Å². The van der Waals surface area contributed by atoms with Crippen molar-refractivity contribution in [3.8, 4) is 23.3 Å². The number of non-ortho nitro benzene ring substituents is 1. The van der Waals surface area contributed by atoms with E-state index < -0.39 is 27.1 Å². The average Bonchev–Trinajstić information content (AvgIpc) is 2.86. The Labute approximate surface area is 223 Å². The standard InChI is InChI=1S/C24H16BrClN4O7/c1-13-18(26)4-3-5-19(13)28-24(31)15(12-27)8-14-9-17(25)23(22(10-14)36-2)37-21-7-6-16(29(32)33)11-20(21)30(34)35/h3-11H,1-2H3,(H,28,31)/b15-8-. The van der Waals surface area contributed by atoms with Crippen LogP contribution < -0.4 is 14.8 Å². The van der Waals surface area contributed by atoms with Crippen LogP contribution in [0.2, 0.25) is 5.02 Å². The third kappa shape index (κ3) is 6.21. The first-order chi connectivity index (χ1) is 17.5. The molecule has 3 aromatic carbocycles. The molecular formula is C24H16BrClN4O7. The lowest BCUT2D eigenvalue weighted by Gasteiger charge is -2.14. The van der Waals surface area contributed by atoms with Gasteiger partial charge in [0, 0.05) is 16.8 Å². The Balaban J connectivity index is 1.96. The second-order valence-electron chi connectivity index (χ2n) is 7.34. The molecule has 37 heavy (non-hydrogen) atoms. The van der Waals surface area contributed by atoms with Crippen LogP contribution in [0.15, 0.2) is 58.6 Å². The fraction of sp³-hybridized carbons (Fsp3) is 0.0833. The average molecular weight is 588 g/mol. The number of hydrogen-bond acceptors (Lipinski definition) is 8. The molecule has 1 N–H and O–H groups in total. The highest BCUT2D eigenvalue weighted by Crippen LogP contribution is 2.43. The van der Waals surface area contributed by atoms with Crippen LogP contribution in [0.5, 0.6) is 17.2 Å². The number of amides is 1. The van der Waals surface area contributed by atoms with Crippen LogP contribution in [0.4, 0.5) is 17.1 Å². The number of anilines is 1. The van der Waals surface area contributed by atoms with E-state index in [1.165, 1.54) is 25.3 Å². The van der Waals surface area contributed by atoms with Crippen molar-refractivity contribution in [3.05, 3.63) is 95.0 Å². The van der Waals surface area contributed by atoms with Gasteiger partial charge in [0.15, 0.2) is 11.5 Å². The van der Waals surface area contributed by atoms with Crippen LogP contribution in [0.3, 0.4) is 0 Å². The number of carbonyl (C=O) groups excluding carboxylic acids is 1. The number of nitrogens with one attached hydrogen (secondary N) is 1. The molecule has 1 amide bonds. The summed E-state index contributed by atoms with van der Waals surface area (Å²) in [6.07, 6.45) is 1.32. The molecule has 188 valence electrons. The van der Waals surface area contributed by atoms with Gasteiger partial charge in [-0.2, -0.15) is 5.26 Å². The Morgan fingerprint density at radius 1 is 1.14 bits per heavy atom. The predicted molar refractivity (Wildman–Crippen MR) is 139 cm³/mol. The van der Waals surface area contributed by atoms with Gasteiger partial charge in [0.05, 0.1) is 27.5 Å². The smallest absolute Gasteiger partial charge is 0.318 e. The molecule has 3 rings (SSSR count). The molecular weight excluding hydrogens is 572 g/mol. The van der Waals surface area contributed by atoms with Crippen LogP contribution in [-0.2, 0) is 4.79 Å². The summed E-state index contributed by atoms with van der Waals surface area (Å²) in [6, 6.07) is 12.7. The molecule has 0 aliphatic heterocycles. The van der Waals surface area contributed by atoms with E-state index >= 15 is 0 Å². The minimum Gasteiger partial charge on any atom is -0.493 e. The lowest BCUT2D eigenvalue weighted by Crippen LogP contribution is -2.14. The summed E-state index contributed by atoms with van der Waals surface area (Å²) >= 11 is 9.39. The van der Waals surface area contributed by atoms with Gasteiger partial charge < -0.3 is 14.8 Å². The fourth-order valence-corrected chi connectivity index (χ4v) is 3.84. The number of ether oxygens (including phenoxy) is 2. The highest BCUT2D eigenvalue weighted by Gasteiger charge is 2.23. The van der Waals surface area contributed by atoms with Gasteiger partial charge in [-0.1, -0.05) is 17.7 Å². The molecule has 0 aromatic heterocycles. The Hall–Kier alpha value is -4.47. The molecule has 11 nitrogen and oxygen atoms in total. The maximum absolute atomic E-state index is 12.7. The second-order valence-corrected chi connectivity index (χ2v) is 8.60. The number of nitriles is 1. The Bertz CT molecular complexity index is 1500. The normalized spacial score (nSPS) is 10.8. The van der Waals surface area contributed by atoms with E-state index in [4.69, 9.17) is 21.1 Å². The van der Waals surface area contributed by atoms with Crippen molar-refractivity contribution in [2.75, 3.05) is 12.4 Å². The first-order valence-corrected chi connectivity index (χ1v) is 11.4. The third-order valence-electron chi connectivity index (χ3n) is 5.01. The molecule has 13 heteroatoms. The van der Waals surface area contributed by atoms with Crippen LogP contribution >= 0.6 is 27.5 Å². The van der Waals surface area contributed by atoms with Crippen molar-refractivity contribution in [1.82, 2.24) is 0 Å². The maximum atomic E-state index is 12.7. The molecule has 0 saturated heterocycles. The number of rotatable bonds is 8. The fourth-order valence-electron chi connectivity index (χ4n) is 3.13. The molecule has 0 fully saturated rings. The third-order valence-corrected chi connectivity index (χ3v) is 6.00. The lowest BCUT2D eigenvalue weighted by atomic mass is 10.1. The Morgan fingerprint density at radius 2 is 1.86 bits per heavy atom. The molecule has 0 atom stereocenters. The van der Waals surface area contributed by atoms with Crippen molar-refractivity contribution in [3.63, 3.8) is 0 Å². The summed E-state index contributed by atoms with van der Waals surface area (Å²) in [4.78, 5) is 33.6. The van der Waals surface area contributed by atoms with E-state index in [1.54, 1.807) is 25.1 Å². The number of benzene rings is 3. The zero-order valence-electron chi connectivity index (χ0n) is 19.2. The summed E-state index contributed by atoms with van der Waals surface area (Å²) in [5.74, 6) is -0.776. The first-order valence-electron chi connectivity index (χ1n) is 10.2. The van der Waals surface area contributed by atoms with E-state index in [2.05, 4.69) is 21.2 Å². The van der Waals surface area contributed by atoms with Crippen molar-refractivity contribution in [2.24, 2.45) is 0 Å².